The molecule has 1 atom stereocenters. The second kappa shape index (κ2) is 5.31. The first kappa shape index (κ1) is 13.8. The van der Waals surface area contributed by atoms with E-state index in [0.29, 0.717) is 11.0 Å². The highest BCUT2D eigenvalue weighted by atomic mass is 79.9. The molecule has 3 aromatic rings. The van der Waals surface area contributed by atoms with Gasteiger partial charge in [-0.25, -0.2) is 0 Å². The lowest BCUT2D eigenvalue weighted by molar-refractivity contribution is 1.13. The SMILES string of the molecule is O=c1[nH]c2ccc(C(Br)c3ccc(Br)s3)cc2[nH]c1=O. The number of thiophene rings is 1. The first-order chi connectivity index (χ1) is 9.54. The first-order valence-electron chi connectivity index (χ1n) is 5.70. The van der Waals surface area contributed by atoms with E-state index < -0.39 is 11.1 Å². The van der Waals surface area contributed by atoms with Crippen LogP contribution in [0.2, 0.25) is 0 Å². The molecule has 1 unspecified atom stereocenters. The Morgan fingerprint density at radius 3 is 2.35 bits per heavy atom. The fourth-order valence-corrected chi connectivity index (χ4v) is 4.07. The number of nitrogens with one attached hydrogen (secondary N) is 2. The molecule has 0 aliphatic heterocycles. The highest BCUT2D eigenvalue weighted by molar-refractivity contribution is 9.11. The molecule has 0 bridgehead atoms. The Bertz CT molecular complexity index is 897. The topological polar surface area (TPSA) is 65.7 Å². The molecule has 0 aliphatic rings. The average molecular weight is 416 g/mol. The van der Waals surface area contributed by atoms with Gasteiger partial charge < -0.3 is 9.97 Å². The molecule has 0 radical (unpaired) electrons. The van der Waals surface area contributed by atoms with Crippen molar-refractivity contribution in [3.05, 3.63) is 65.3 Å². The smallest absolute Gasteiger partial charge is 0.314 e. The Labute approximate surface area is 134 Å². The van der Waals surface area contributed by atoms with Crippen molar-refractivity contribution in [1.29, 1.82) is 0 Å². The van der Waals surface area contributed by atoms with Crippen LogP contribution in [0.25, 0.3) is 11.0 Å². The Morgan fingerprint density at radius 1 is 1.00 bits per heavy atom. The lowest BCUT2D eigenvalue weighted by atomic mass is 10.1. The van der Waals surface area contributed by atoms with Crippen LogP contribution < -0.4 is 11.1 Å². The number of hydrogen-bond donors (Lipinski definition) is 2. The molecule has 2 heterocycles. The van der Waals surface area contributed by atoms with Gasteiger partial charge in [0, 0.05) is 4.88 Å². The van der Waals surface area contributed by atoms with Gasteiger partial charge in [-0.1, -0.05) is 22.0 Å². The van der Waals surface area contributed by atoms with Crippen LogP contribution in [0, 0.1) is 0 Å². The number of aromatic nitrogens is 2. The zero-order valence-corrected chi connectivity index (χ0v) is 13.9. The normalized spacial score (nSPS) is 12.7. The average Bonchev–Trinajstić information content (AvgIpc) is 2.85. The Kier molecular flexibility index (Phi) is 3.66. The molecule has 1 aromatic carbocycles. The van der Waals surface area contributed by atoms with Gasteiger partial charge in [-0.15, -0.1) is 11.3 Å². The van der Waals surface area contributed by atoms with Gasteiger partial charge in [-0.3, -0.25) is 9.59 Å². The van der Waals surface area contributed by atoms with Crippen molar-refractivity contribution in [2.75, 3.05) is 0 Å². The highest BCUT2D eigenvalue weighted by Gasteiger charge is 2.13. The van der Waals surface area contributed by atoms with Crippen molar-refractivity contribution in [2.24, 2.45) is 0 Å². The molecule has 0 amide bonds. The third-order valence-corrected chi connectivity index (χ3v) is 5.90. The van der Waals surface area contributed by atoms with Gasteiger partial charge in [0.25, 0.3) is 0 Å². The molecule has 0 saturated carbocycles. The van der Waals surface area contributed by atoms with Gasteiger partial charge in [0.15, 0.2) is 0 Å². The largest absolute Gasteiger partial charge is 0.316 e. The number of rotatable bonds is 2. The van der Waals surface area contributed by atoms with E-state index in [4.69, 9.17) is 0 Å². The molecule has 20 heavy (non-hydrogen) atoms. The van der Waals surface area contributed by atoms with Crippen molar-refractivity contribution in [3.8, 4) is 0 Å². The van der Waals surface area contributed by atoms with E-state index >= 15 is 0 Å². The predicted octanol–water partition coefficient (Wildman–Crippen LogP) is 3.52. The van der Waals surface area contributed by atoms with Crippen molar-refractivity contribution in [2.45, 2.75) is 4.83 Å². The third-order valence-electron chi connectivity index (χ3n) is 2.88. The minimum atomic E-state index is -0.639. The number of halogens is 2. The van der Waals surface area contributed by atoms with E-state index in [0.717, 1.165) is 14.2 Å². The molecule has 7 heteroatoms. The predicted molar refractivity (Wildman–Crippen MR) is 88.0 cm³/mol. The number of benzene rings is 1. The van der Waals surface area contributed by atoms with Crippen molar-refractivity contribution < 1.29 is 0 Å². The van der Waals surface area contributed by atoms with Crippen LogP contribution >= 0.6 is 43.2 Å². The Balaban J connectivity index is 2.11. The quantitative estimate of drug-likeness (QED) is 0.496. The maximum absolute atomic E-state index is 11.4. The van der Waals surface area contributed by atoms with Crippen molar-refractivity contribution >= 4 is 54.2 Å². The van der Waals surface area contributed by atoms with Crippen LogP contribution in [0.3, 0.4) is 0 Å². The van der Waals surface area contributed by atoms with E-state index in [9.17, 15) is 9.59 Å². The minimum absolute atomic E-state index is 0.0404. The number of aromatic amines is 2. The first-order valence-corrected chi connectivity index (χ1v) is 8.22. The molecule has 102 valence electrons. The number of alkyl halides is 1. The molecule has 2 N–H and O–H groups in total. The molecular weight excluding hydrogens is 408 g/mol. The summed E-state index contributed by atoms with van der Waals surface area (Å²) in [6, 6.07) is 9.60. The van der Waals surface area contributed by atoms with E-state index in [2.05, 4.69) is 41.8 Å². The number of fused-ring (bicyclic) bond motifs is 1. The summed E-state index contributed by atoms with van der Waals surface area (Å²) in [7, 11) is 0. The van der Waals surface area contributed by atoms with Gasteiger partial charge in [-0.2, -0.15) is 0 Å². The van der Waals surface area contributed by atoms with E-state index in [-0.39, 0.29) is 4.83 Å². The van der Waals surface area contributed by atoms with E-state index in [1.54, 1.807) is 17.4 Å². The molecular formula is C13H8Br2N2O2S. The van der Waals surface area contributed by atoms with Crippen molar-refractivity contribution in [1.82, 2.24) is 9.97 Å². The molecule has 0 fully saturated rings. The fraction of sp³-hybridized carbons (Fsp3) is 0.0769. The monoisotopic (exact) mass is 414 g/mol. The molecule has 4 nitrogen and oxygen atoms in total. The maximum Gasteiger partial charge on any atom is 0.314 e. The zero-order chi connectivity index (χ0) is 14.3. The Hall–Kier alpha value is -1.18. The lowest BCUT2D eigenvalue weighted by Gasteiger charge is -2.09. The van der Waals surface area contributed by atoms with Crippen LogP contribution in [-0.4, -0.2) is 9.97 Å². The molecule has 0 saturated heterocycles. The standard InChI is InChI=1S/C13H8Br2N2O2S/c14-10-4-3-9(20-10)11(15)6-1-2-7-8(5-6)17-13(19)12(18)16-7/h1-5,11H,(H,16,18)(H,17,19). The van der Waals surface area contributed by atoms with Crippen LogP contribution in [0.4, 0.5) is 0 Å². The van der Waals surface area contributed by atoms with Gasteiger partial charge in [0.05, 0.1) is 19.6 Å². The molecule has 3 rings (SSSR count). The molecule has 0 spiro atoms. The van der Waals surface area contributed by atoms with Gasteiger partial charge in [0.1, 0.15) is 0 Å². The van der Waals surface area contributed by atoms with Crippen LogP contribution in [0.15, 0.2) is 43.7 Å². The van der Waals surface area contributed by atoms with Crippen molar-refractivity contribution in [3.63, 3.8) is 0 Å². The summed E-state index contributed by atoms with van der Waals surface area (Å²) in [4.78, 5) is 29.0. The zero-order valence-electron chi connectivity index (χ0n) is 9.94. The third kappa shape index (κ3) is 2.53. The summed E-state index contributed by atoms with van der Waals surface area (Å²) < 4.78 is 1.07. The number of H-pyrrole nitrogens is 2. The summed E-state index contributed by atoms with van der Waals surface area (Å²) in [5, 5.41) is 0. The van der Waals surface area contributed by atoms with Crippen LogP contribution in [0.1, 0.15) is 15.3 Å². The lowest BCUT2D eigenvalue weighted by Crippen LogP contribution is -2.28. The van der Waals surface area contributed by atoms with E-state index in [1.165, 1.54) is 0 Å². The maximum atomic E-state index is 11.4. The number of hydrogen-bond acceptors (Lipinski definition) is 3. The van der Waals surface area contributed by atoms with Gasteiger partial charge >= 0.3 is 11.1 Å². The van der Waals surface area contributed by atoms with E-state index in [1.807, 2.05) is 24.3 Å². The molecule has 2 aromatic heterocycles. The highest BCUT2D eigenvalue weighted by Crippen LogP contribution is 2.37. The summed E-state index contributed by atoms with van der Waals surface area (Å²) in [5.41, 5.74) is 0.967. The summed E-state index contributed by atoms with van der Waals surface area (Å²) in [6.45, 7) is 0. The van der Waals surface area contributed by atoms with Gasteiger partial charge in [0.2, 0.25) is 0 Å². The van der Waals surface area contributed by atoms with Crippen LogP contribution in [-0.2, 0) is 0 Å². The molecule has 0 aliphatic carbocycles. The summed E-state index contributed by atoms with van der Waals surface area (Å²) in [5.74, 6) is 0. The fourth-order valence-electron chi connectivity index (χ4n) is 1.92. The van der Waals surface area contributed by atoms with Crippen LogP contribution in [0.5, 0.6) is 0 Å². The minimum Gasteiger partial charge on any atom is -0.316 e. The Morgan fingerprint density at radius 2 is 1.70 bits per heavy atom. The second-order valence-corrected chi connectivity index (χ2v) is 7.63. The summed E-state index contributed by atoms with van der Waals surface area (Å²) >= 11 is 8.73. The summed E-state index contributed by atoms with van der Waals surface area (Å²) in [6.07, 6.45) is 0. The second-order valence-electron chi connectivity index (χ2n) is 4.22. The van der Waals surface area contributed by atoms with Gasteiger partial charge in [-0.05, 0) is 45.8 Å².